The predicted molar refractivity (Wildman–Crippen MR) is 88.1 cm³/mol. The average Bonchev–Trinajstić information content (AvgIpc) is 2.64. The molecule has 0 N–H and O–H groups in total. The monoisotopic (exact) mass is 292 g/mol. The van der Waals surface area contributed by atoms with Crippen LogP contribution < -0.4 is 4.90 Å². The summed E-state index contributed by atoms with van der Waals surface area (Å²) >= 11 is 0. The van der Waals surface area contributed by atoms with Crippen molar-refractivity contribution < 1.29 is 4.79 Å². The molecule has 0 radical (unpaired) electrons. The van der Waals surface area contributed by atoms with Crippen molar-refractivity contribution in [2.45, 2.75) is 18.9 Å². The van der Waals surface area contributed by atoms with Crippen LogP contribution in [0.2, 0.25) is 0 Å². The minimum Gasteiger partial charge on any atom is -0.314 e. The number of fused-ring (bicyclic) bond motifs is 5. The lowest BCUT2D eigenvalue weighted by atomic mass is 9.83. The topological polar surface area (TPSA) is 23.6 Å². The van der Waals surface area contributed by atoms with Crippen LogP contribution in [0.5, 0.6) is 0 Å². The first-order valence-corrected chi connectivity index (χ1v) is 7.85. The van der Waals surface area contributed by atoms with Crippen molar-refractivity contribution in [3.05, 3.63) is 65.2 Å². The normalized spacial score (nSPS) is 24.3. The van der Waals surface area contributed by atoms with E-state index in [2.05, 4.69) is 54.3 Å². The highest BCUT2D eigenvalue weighted by Crippen LogP contribution is 2.43. The van der Waals surface area contributed by atoms with Gasteiger partial charge in [-0.3, -0.25) is 9.69 Å². The van der Waals surface area contributed by atoms with Crippen LogP contribution >= 0.6 is 0 Å². The van der Waals surface area contributed by atoms with Crippen LogP contribution in [-0.2, 0) is 4.79 Å². The van der Waals surface area contributed by atoms with Gasteiger partial charge in [0.05, 0.1) is 12.6 Å². The number of carbonyl (C=O) groups is 1. The molecular weight excluding hydrogens is 272 g/mol. The summed E-state index contributed by atoms with van der Waals surface area (Å²) in [6.07, 6.45) is 0. The van der Waals surface area contributed by atoms with Gasteiger partial charge in [0.1, 0.15) is 0 Å². The van der Waals surface area contributed by atoms with E-state index in [-0.39, 0.29) is 11.9 Å². The van der Waals surface area contributed by atoms with Crippen molar-refractivity contribution in [3.63, 3.8) is 0 Å². The van der Waals surface area contributed by atoms with Crippen molar-refractivity contribution in [1.29, 1.82) is 0 Å². The van der Waals surface area contributed by atoms with Crippen molar-refractivity contribution in [1.82, 2.24) is 4.90 Å². The molecule has 2 heterocycles. The second kappa shape index (κ2) is 4.96. The highest BCUT2D eigenvalue weighted by atomic mass is 16.2. The zero-order chi connectivity index (χ0) is 15.3. The summed E-state index contributed by atoms with van der Waals surface area (Å²) in [6, 6.07) is 17.1. The fourth-order valence-corrected chi connectivity index (χ4v) is 3.92. The second-order valence-corrected chi connectivity index (χ2v) is 6.37. The third kappa shape index (κ3) is 1.89. The molecule has 2 atom stereocenters. The van der Waals surface area contributed by atoms with E-state index in [1.807, 2.05) is 13.1 Å². The minimum absolute atomic E-state index is 0.168. The fourth-order valence-electron chi connectivity index (χ4n) is 3.92. The van der Waals surface area contributed by atoms with Gasteiger partial charge in [-0.25, -0.2) is 0 Å². The Morgan fingerprint density at radius 3 is 2.36 bits per heavy atom. The summed E-state index contributed by atoms with van der Waals surface area (Å²) in [7, 11) is 1.88. The SMILES string of the molecule is CC1CN2CC(=O)N(C)c3ccccc3C2c2ccccc21. The highest BCUT2D eigenvalue weighted by Gasteiger charge is 2.37. The molecule has 0 spiro atoms. The Morgan fingerprint density at radius 2 is 1.59 bits per heavy atom. The molecular formula is C19H20N2O. The maximum Gasteiger partial charge on any atom is 0.240 e. The van der Waals surface area contributed by atoms with Gasteiger partial charge in [0.2, 0.25) is 5.91 Å². The van der Waals surface area contributed by atoms with Crippen molar-refractivity contribution >= 4 is 11.6 Å². The quantitative estimate of drug-likeness (QED) is 0.744. The maximum atomic E-state index is 12.5. The summed E-state index contributed by atoms with van der Waals surface area (Å²) in [4.78, 5) is 16.7. The van der Waals surface area contributed by atoms with Crippen LogP contribution in [0.3, 0.4) is 0 Å². The van der Waals surface area contributed by atoms with Gasteiger partial charge in [-0.15, -0.1) is 0 Å². The van der Waals surface area contributed by atoms with E-state index >= 15 is 0 Å². The number of nitrogens with zero attached hydrogens (tertiary/aromatic N) is 2. The number of amides is 1. The molecule has 0 aromatic heterocycles. The molecule has 4 rings (SSSR count). The van der Waals surface area contributed by atoms with E-state index in [0.29, 0.717) is 12.5 Å². The molecule has 0 saturated heterocycles. The van der Waals surface area contributed by atoms with Crippen molar-refractivity contribution in [2.24, 2.45) is 0 Å². The van der Waals surface area contributed by atoms with Gasteiger partial charge in [0.15, 0.2) is 0 Å². The Morgan fingerprint density at radius 1 is 0.955 bits per heavy atom. The van der Waals surface area contributed by atoms with Crippen LogP contribution in [0.1, 0.15) is 35.6 Å². The van der Waals surface area contributed by atoms with Crippen LogP contribution in [0.15, 0.2) is 48.5 Å². The average molecular weight is 292 g/mol. The lowest BCUT2D eigenvalue weighted by Crippen LogP contribution is -2.41. The molecule has 2 aromatic carbocycles. The molecule has 2 aliphatic heterocycles. The number of likely N-dealkylation sites (N-methyl/N-ethyl adjacent to an activating group) is 1. The molecule has 0 saturated carbocycles. The fraction of sp³-hybridized carbons (Fsp3) is 0.316. The number of benzene rings is 2. The summed E-state index contributed by atoms with van der Waals surface area (Å²) in [5, 5.41) is 0. The molecule has 0 bridgehead atoms. The van der Waals surface area contributed by atoms with Crippen LogP contribution in [-0.4, -0.2) is 30.9 Å². The van der Waals surface area contributed by atoms with Gasteiger partial charge in [-0.1, -0.05) is 49.4 Å². The standard InChI is InChI=1S/C19H20N2O/c1-13-11-21-12-18(22)20(2)17-10-6-5-9-16(17)19(21)15-8-4-3-7-14(13)15/h3-10,13,19H,11-12H2,1-2H3. The molecule has 0 fully saturated rings. The Bertz CT molecular complexity index is 740. The first kappa shape index (κ1) is 13.5. The molecule has 112 valence electrons. The number of rotatable bonds is 0. The minimum atomic E-state index is 0.168. The van der Waals surface area contributed by atoms with Gasteiger partial charge in [0.25, 0.3) is 0 Å². The maximum absolute atomic E-state index is 12.5. The molecule has 3 heteroatoms. The zero-order valence-corrected chi connectivity index (χ0v) is 13.0. The number of hydrogen-bond donors (Lipinski definition) is 0. The number of para-hydroxylation sites is 1. The largest absolute Gasteiger partial charge is 0.314 e. The van der Waals surface area contributed by atoms with Gasteiger partial charge < -0.3 is 4.90 Å². The molecule has 2 aliphatic rings. The van der Waals surface area contributed by atoms with E-state index < -0.39 is 0 Å². The number of hydrogen-bond acceptors (Lipinski definition) is 2. The summed E-state index contributed by atoms with van der Waals surface area (Å²) in [5.74, 6) is 0.623. The lowest BCUT2D eigenvalue weighted by molar-refractivity contribution is -0.119. The third-order valence-electron chi connectivity index (χ3n) is 5.00. The van der Waals surface area contributed by atoms with Crippen LogP contribution in [0.25, 0.3) is 0 Å². The molecule has 2 unspecified atom stereocenters. The smallest absolute Gasteiger partial charge is 0.240 e. The second-order valence-electron chi connectivity index (χ2n) is 6.37. The molecule has 2 aromatic rings. The summed E-state index contributed by atoms with van der Waals surface area (Å²) in [5.41, 5.74) is 5.02. The summed E-state index contributed by atoms with van der Waals surface area (Å²) < 4.78 is 0. The highest BCUT2D eigenvalue weighted by molar-refractivity contribution is 5.96. The van der Waals surface area contributed by atoms with Gasteiger partial charge in [-0.05, 0) is 28.7 Å². The lowest BCUT2D eigenvalue weighted by Gasteiger charge is -2.39. The Hall–Kier alpha value is -2.13. The molecule has 22 heavy (non-hydrogen) atoms. The van der Waals surface area contributed by atoms with E-state index in [1.165, 1.54) is 16.7 Å². The zero-order valence-electron chi connectivity index (χ0n) is 13.0. The predicted octanol–water partition coefficient (Wildman–Crippen LogP) is 3.17. The molecule has 1 amide bonds. The summed E-state index contributed by atoms with van der Waals surface area (Å²) in [6.45, 7) is 3.66. The van der Waals surface area contributed by atoms with E-state index in [1.54, 1.807) is 4.90 Å². The Balaban J connectivity index is 1.96. The van der Waals surface area contributed by atoms with Gasteiger partial charge in [-0.2, -0.15) is 0 Å². The third-order valence-corrected chi connectivity index (χ3v) is 5.00. The van der Waals surface area contributed by atoms with Crippen LogP contribution in [0.4, 0.5) is 5.69 Å². The Labute approximate surface area is 131 Å². The first-order valence-electron chi connectivity index (χ1n) is 7.85. The van der Waals surface area contributed by atoms with Crippen LogP contribution in [0, 0.1) is 0 Å². The molecule has 3 nitrogen and oxygen atoms in total. The molecule has 0 aliphatic carbocycles. The number of anilines is 1. The first-order chi connectivity index (χ1) is 10.7. The van der Waals surface area contributed by atoms with Crippen molar-refractivity contribution in [2.75, 3.05) is 25.0 Å². The van der Waals surface area contributed by atoms with Crippen molar-refractivity contribution in [3.8, 4) is 0 Å². The number of carbonyl (C=O) groups excluding carboxylic acids is 1. The van der Waals surface area contributed by atoms with Gasteiger partial charge in [0, 0.05) is 19.3 Å². The Kier molecular flexibility index (Phi) is 3.05. The van der Waals surface area contributed by atoms with E-state index in [4.69, 9.17) is 0 Å². The van der Waals surface area contributed by atoms with Gasteiger partial charge >= 0.3 is 0 Å². The van der Waals surface area contributed by atoms with E-state index in [9.17, 15) is 4.79 Å². The van der Waals surface area contributed by atoms with E-state index in [0.717, 1.165) is 12.2 Å².